The number of nitrogens with one attached hydrogen (secondary N) is 2. The highest BCUT2D eigenvalue weighted by Gasteiger charge is 2.26. The van der Waals surface area contributed by atoms with Crippen molar-refractivity contribution in [3.8, 4) is 0 Å². The van der Waals surface area contributed by atoms with Gasteiger partial charge in [0.1, 0.15) is 0 Å². The van der Waals surface area contributed by atoms with Crippen LogP contribution in [-0.4, -0.2) is 61.0 Å². The van der Waals surface area contributed by atoms with Crippen LogP contribution in [0.5, 0.6) is 0 Å². The number of pyridine rings is 1. The summed E-state index contributed by atoms with van der Waals surface area (Å²) in [6, 6.07) is 11.0. The molecule has 2 fully saturated rings. The molecule has 1 aromatic heterocycles. The summed E-state index contributed by atoms with van der Waals surface area (Å²) < 4.78 is 14.0. The van der Waals surface area contributed by atoms with E-state index in [2.05, 4.69) is 20.6 Å². The number of benzene rings is 1. The Labute approximate surface area is 188 Å². The summed E-state index contributed by atoms with van der Waals surface area (Å²) in [5.41, 5.74) is 1.76. The summed E-state index contributed by atoms with van der Waals surface area (Å²) >= 11 is 0. The van der Waals surface area contributed by atoms with Crippen LogP contribution < -0.4 is 15.5 Å². The van der Waals surface area contributed by atoms with E-state index in [1.54, 1.807) is 19.3 Å². The molecule has 0 spiro atoms. The van der Waals surface area contributed by atoms with Crippen LogP contribution in [-0.2, 0) is 6.54 Å². The molecule has 2 N–H and O–H groups in total. The van der Waals surface area contributed by atoms with Gasteiger partial charge in [-0.05, 0) is 55.5 Å². The lowest BCUT2D eigenvalue weighted by molar-refractivity contribution is 0.0724. The number of anilines is 1. The highest BCUT2D eigenvalue weighted by atomic mass is 19.1. The first kappa shape index (κ1) is 22.0. The Hall–Kier alpha value is -3.16. The molecule has 8 heteroatoms. The molecule has 1 atom stereocenters. The lowest BCUT2D eigenvalue weighted by Gasteiger charge is -2.26. The molecule has 2 aliphatic rings. The number of rotatable bonds is 5. The van der Waals surface area contributed by atoms with E-state index >= 15 is 0 Å². The number of carbonyl (C=O) groups is 1. The number of aromatic nitrogens is 1. The van der Waals surface area contributed by atoms with Crippen LogP contribution in [0.15, 0.2) is 47.6 Å². The predicted octanol–water partition coefficient (Wildman–Crippen LogP) is 2.79. The Kier molecular flexibility index (Phi) is 7.19. The van der Waals surface area contributed by atoms with E-state index in [0.29, 0.717) is 24.9 Å². The highest BCUT2D eigenvalue weighted by molar-refractivity contribution is 5.94. The third-order valence-corrected chi connectivity index (χ3v) is 6.07. The van der Waals surface area contributed by atoms with Gasteiger partial charge in [-0.3, -0.25) is 9.79 Å². The molecule has 7 nitrogen and oxygen atoms in total. The van der Waals surface area contributed by atoms with Gasteiger partial charge in [0.25, 0.3) is 5.91 Å². The fourth-order valence-electron chi connectivity index (χ4n) is 4.35. The van der Waals surface area contributed by atoms with Crippen LogP contribution in [0.3, 0.4) is 0 Å². The number of amides is 1. The Bertz CT molecular complexity index is 959. The fourth-order valence-corrected chi connectivity index (χ4v) is 4.35. The van der Waals surface area contributed by atoms with Crippen LogP contribution in [0.4, 0.5) is 10.2 Å². The zero-order chi connectivity index (χ0) is 22.3. The van der Waals surface area contributed by atoms with E-state index < -0.39 is 0 Å². The number of guanidine groups is 1. The number of carbonyl (C=O) groups excluding carboxylic acids is 1. The SMILES string of the molecule is CN=C(NCc1cccc(C(=O)N2CCCCC2)c1)NC1CCN(c2ncccc2F)C1. The summed E-state index contributed by atoms with van der Waals surface area (Å²) in [6.45, 7) is 3.65. The van der Waals surface area contributed by atoms with Gasteiger partial charge < -0.3 is 20.4 Å². The lowest BCUT2D eigenvalue weighted by Crippen LogP contribution is -2.44. The first-order valence-electron chi connectivity index (χ1n) is 11.3. The largest absolute Gasteiger partial charge is 0.352 e. The van der Waals surface area contributed by atoms with Crippen molar-refractivity contribution in [1.82, 2.24) is 20.5 Å². The van der Waals surface area contributed by atoms with Gasteiger partial charge in [0.15, 0.2) is 17.6 Å². The molecule has 1 amide bonds. The van der Waals surface area contributed by atoms with Gasteiger partial charge in [0.05, 0.1) is 0 Å². The minimum atomic E-state index is -0.297. The first-order valence-corrected chi connectivity index (χ1v) is 11.3. The van der Waals surface area contributed by atoms with Gasteiger partial charge in [-0.2, -0.15) is 0 Å². The second-order valence-electron chi connectivity index (χ2n) is 8.36. The molecule has 1 aromatic carbocycles. The molecule has 4 rings (SSSR count). The van der Waals surface area contributed by atoms with Gasteiger partial charge in [0, 0.05) is 57.6 Å². The van der Waals surface area contributed by atoms with Crippen molar-refractivity contribution in [2.24, 2.45) is 4.99 Å². The standard InChI is InChI=1S/C24H31FN6O/c1-26-24(29-20-10-14-31(17-20)22-21(25)9-6-11-27-22)28-16-18-7-5-8-19(15-18)23(32)30-12-3-2-4-13-30/h5-9,11,15,20H,2-4,10,12-14,16-17H2,1H3,(H2,26,28,29). The van der Waals surface area contributed by atoms with Crippen LogP contribution >= 0.6 is 0 Å². The van der Waals surface area contributed by atoms with Gasteiger partial charge in [-0.15, -0.1) is 0 Å². The molecule has 0 aliphatic carbocycles. The number of likely N-dealkylation sites (tertiary alicyclic amines) is 1. The quantitative estimate of drug-likeness (QED) is 0.555. The number of hydrogen-bond donors (Lipinski definition) is 2. The minimum Gasteiger partial charge on any atom is -0.352 e. The average molecular weight is 439 g/mol. The number of piperidine rings is 1. The van der Waals surface area contributed by atoms with E-state index in [1.165, 1.54) is 12.5 Å². The van der Waals surface area contributed by atoms with E-state index in [4.69, 9.17) is 0 Å². The van der Waals surface area contributed by atoms with E-state index in [1.807, 2.05) is 34.1 Å². The van der Waals surface area contributed by atoms with E-state index in [0.717, 1.165) is 50.0 Å². The maximum Gasteiger partial charge on any atom is 0.253 e. The Morgan fingerprint density at radius 2 is 2.03 bits per heavy atom. The fraction of sp³-hybridized carbons (Fsp3) is 0.458. The van der Waals surface area contributed by atoms with Gasteiger partial charge in [0.2, 0.25) is 0 Å². The topological polar surface area (TPSA) is 72.9 Å². The molecule has 0 bridgehead atoms. The highest BCUT2D eigenvalue weighted by Crippen LogP contribution is 2.20. The second-order valence-corrected chi connectivity index (χ2v) is 8.36. The van der Waals surface area contributed by atoms with Crippen LogP contribution in [0.25, 0.3) is 0 Å². The van der Waals surface area contributed by atoms with Crippen LogP contribution in [0, 0.1) is 5.82 Å². The van der Waals surface area contributed by atoms with Crippen molar-refractivity contribution < 1.29 is 9.18 Å². The van der Waals surface area contributed by atoms with Crippen LogP contribution in [0.1, 0.15) is 41.6 Å². The second kappa shape index (κ2) is 10.4. The van der Waals surface area contributed by atoms with E-state index in [9.17, 15) is 9.18 Å². The van der Waals surface area contributed by atoms with Crippen LogP contribution in [0.2, 0.25) is 0 Å². The number of nitrogens with zero attached hydrogens (tertiary/aromatic N) is 4. The number of aliphatic imine (C=N–C) groups is 1. The van der Waals surface area contributed by atoms with Gasteiger partial charge in [-0.1, -0.05) is 12.1 Å². The van der Waals surface area contributed by atoms with Crippen molar-refractivity contribution in [3.05, 3.63) is 59.5 Å². The molecule has 0 radical (unpaired) electrons. The minimum absolute atomic E-state index is 0.113. The normalized spacial score (nSPS) is 19.2. The van der Waals surface area contributed by atoms with Crippen molar-refractivity contribution in [2.75, 3.05) is 38.1 Å². The smallest absolute Gasteiger partial charge is 0.253 e. The van der Waals surface area contributed by atoms with Crippen molar-refractivity contribution >= 4 is 17.7 Å². The molecule has 2 saturated heterocycles. The monoisotopic (exact) mass is 438 g/mol. The maximum atomic E-state index is 14.0. The number of halogens is 1. The molecular formula is C24H31FN6O. The Balaban J connectivity index is 1.30. The third kappa shape index (κ3) is 5.36. The van der Waals surface area contributed by atoms with E-state index in [-0.39, 0.29) is 17.8 Å². The molecule has 0 saturated carbocycles. The molecule has 3 heterocycles. The first-order chi connectivity index (χ1) is 15.6. The molecule has 32 heavy (non-hydrogen) atoms. The van der Waals surface area contributed by atoms with Crippen molar-refractivity contribution in [2.45, 2.75) is 38.3 Å². The summed E-state index contributed by atoms with van der Waals surface area (Å²) in [6.07, 6.45) is 5.86. The molecule has 2 aliphatic heterocycles. The predicted molar refractivity (Wildman–Crippen MR) is 124 cm³/mol. The average Bonchev–Trinajstić information content (AvgIpc) is 3.30. The zero-order valence-electron chi connectivity index (χ0n) is 18.6. The Morgan fingerprint density at radius 1 is 1.19 bits per heavy atom. The lowest BCUT2D eigenvalue weighted by atomic mass is 10.1. The molecule has 1 unspecified atom stereocenters. The summed E-state index contributed by atoms with van der Waals surface area (Å²) in [7, 11) is 1.73. The summed E-state index contributed by atoms with van der Waals surface area (Å²) in [5.74, 6) is 0.900. The molecule has 170 valence electrons. The van der Waals surface area contributed by atoms with Gasteiger partial charge >= 0.3 is 0 Å². The summed E-state index contributed by atoms with van der Waals surface area (Å²) in [5, 5.41) is 6.75. The molecule has 2 aromatic rings. The maximum absolute atomic E-state index is 14.0. The molecular weight excluding hydrogens is 407 g/mol. The summed E-state index contributed by atoms with van der Waals surface area (Å²) in [4.78, 5) is 25.2. The third-order valence-electron chi connectivity index (χ3n) is 6.07. The number of hydrogen-bond acceptors (Lipinski definition) is 4. The van der Waals surface area contributed by atoms with Crippen molar-refractivity contribution in [3.63, 3.8) is 0 Å². The Morgan fingerprint density at radius 3 is 2.81 bits per heavy atom. The zero-order valence-corrected chi connectivity index (χ0v) is 18.6. The van der Waals surface area contributed by atoms with Crippen molar-refractivity contribution in [1.29, 1.82) is 0 Å². The van der Waals surface area contributed by atoms with Gasteiger partial charge in [-0.25, -0.2) is 9.37 Å².